The lowest BCUT2D eigenvalue weighted by Crippen LogP contribution is -2.46. The Hall–Kier alpha value is -1.17. The lowest BCUT2D eigenvalue weighted by atomic mass is 9.99. The van der Waals surface area contributed by atoms with E-state index in [1.54, 1.807) is 6.92 Å². The highest BCUT2D eigenvalue weighted by Gasteiger charge is 2.41. The largest absolute Gasteiger partial charge is 0.378 e. The molecule has 1 aliphatic carbocycles. The predicted molar refractivity (Wildman–Crippen MR) is 119 cm³/mol. The normalized spacial score (nSPS) is 27.0. The molecule has 3 aliphatic rings. The molecule has 3 fully saturated rings. The molecule has 1 saturated carbocycles. The monoisotopic (exact) mass is 458 g/mol. The van der Waals surface area contributed by atoms with Crippen LogP contribution in [0.1, 0.15) is 62.2 Å². The Morgan fingerprint density at radius 2 is 1.90 bits per heavy atom. The van der Waals surface area contributed by atoms with Gasteiger partial charge in [0.1, 0.15) is 0 Å². The number of para-hydroxylation sites is 1. The summed E-state index contributed by atoms with van der Waals surface area (Å²) in [5.74, 6) is 0.999. The predicted octanol–water partition coefficient (Wildman–Crippen LogP) is 5.42. The van der Waals surface area contributed by atoms with Gasteiger partial charge in [0, 0.05) is 53.4 Å². The second-order valence-corrected chi connectivity index (χ2v) is 10.1. The van der Waals surface area contributed by atoms with Crippen molar-refractivity contribution in [1.82, 2.24) is 9.47 Å². The molecule has 2 unspecified atom stereocenters. The van der Waals surface area contributed by atoms with Crippen molar-refractivity contribution >= 4 is 32.6 Å². The van der Waals surface area contributed by atoms with Gasteiger partial charge in [0.15, 0.2) is 5.78 Å². The second kappa shape index (κ2) is 8.16. The minimum absolute atomic E-state index is 0.137. The van der Waals surface area contributed by atoms with Crippen LogP contribution in [0.3, 0.4) is 0 Å². The SMILES string of the molecule is CC(=O)c1cn(CCCN2C3CCC2CC(OCC2CC2)C3)c2c(Br)cccc12. The van der Waals surface area contributed by atoms with Gasteiger partial charge < -0.3 is 9.30 Å². The summed E-state index contributed by atoms with van der Waals surface area (Å²) in [5.41, 5.74) is 1.97. The molecular weight excluding hydrogens is 428 g/mol. The van der Waals surface area contributed by atoms with E-state index in [4.69, 9.17) is 4.74 Å². The fourth-order valence-corrected chi connectivity index (χ4v) is 6.07. The Labute approximate surface area is 181 Å². The van der Waals surface area contributed by atoms with Crippen LogP contribution >= 0.6 is 15.9 Å². The van der Waals surface area contributed by atoms with E-state index in [9.17, 15) is 4.79 Å². The zero-order valence-corrected chi connectivity index (χ0v) is 18.9. The number of nitrogens with zero attached hydrogens (tertiary/aromatic N) is 2. The first-order valence-electron chi connectivity index (χ1n) is 11.3. The minimum Gasteiger partial charge on any atom is -0.378 e. The van der Waals surface area contributed by atoms with Gasteiger partial charge in [-0.2, -0.15) is 0 Å². The summed E-state index contributed by atoms with van der Waals surface area (Å²) >= 11 is 3.69. The molecule has 1 aromatic heterocycles. The molecule has 2 aliphatic heterocycles. The minimum atomic E-state index is 0.137. The summed E-state index contributed by atoms with van der Waals surface area (Å²) in [6.45, 7) is 4.75. The topological polar surface area (TPSA) is 34.5 Å². The number of aromatic nitrogens is 1. The lowest BCUT2D eigenvalue weighted by Gasteiger charge is -2.39. The molecule has 0 spiro atoms. The zero-order valence-electron chi connectivity index (χ0n) is 17.3. The van der Waals surface area contributed by atoms with Crippen LogP contribution in [0.15, 0.2) is 28.9 Å². The van der Waals surface area contributed by atoms with Crippen LogP contribution in [0.4, 0.5) is 0 Å². The molecule has 0 amide bonds. The van der Waals surface area contributed by atoms with Crippen LogP contribution in [0, 0.1) is 5.92 Å². The molecule has 2 aromatic rings. The first kappa shape index (κ1) is 19.8. The summed E-state index contributed by atoms with van der Waals surface area (Å²) < 4.78 is 9.56. The van der Waals surface area contributed by atoms with E-state index in [-0.39, 0.29) is 5.78 Å². The van der Waals surface area contributed by atoms with Crippen molar-refractivity contribution in [2.75, 3.05) is 13.2 Å². The molecular formula is C24H31BrN2O2. The van der Waals surface area contributed by atoms with Crippen LogP contribution in [-0.4, -0.2) is 46.6 Å². The van der Waals surface area contributed by atoms with Crippen molar-refractivity contribution in [3.8, 4) is 0 Å². The Bertz CT molecular complexity index is 890. The summed E-state index contributed by atoms with van der Waals surface area (Å²) in [6, 6.07) is 7.55. The van der Waals surface area contributed by atoms with Gasteiger partial charge in [-0.25, -0.2) is 0 Å². The van der Waals surface area contributed by atoms with Gasteiger partial charge in [0.2, 0.25) is 0 Å². The summed E-state index contributed by atoms with van der Waals surface area (Å²) in [5, 5.41) is 1.06. The maximum Gasteiger partial charge on any atom is 0.161 e. The van der Waals surface area contributed by atoms with Gasteiger partial charge >= 0.3 is 0 Å². The number of piperidine rings is 1. The molecule has 2 saturated heterocycles. The summed E-state index contributed by atoms with van der Waals surface area (Å²) in [6.07, 6.45) is 11.5. The number of ether oxygens (including phenoxy) is 1. The highest BCUT2D eigenvalue weighted by Crippen LogP contribution is 2.38. The Morgan fingerprint density at radius 1 is 1.14 bits per heavy atom. The van der Waals surface area contributed by atoms with Gasteiger partial charge in [-0.3, -0.25) is 9.69 Å². The van der Waals surface area contributed by atoms with E-state index in [2.05, 4.69) is 37.5 Å². The number of fused-ring (bicyclic) bond motifs is 3. The number of carbonyl (C=O) groups is 1. The van der Waals surface area contributed by atoms with E-state index in [1.807, 2.05) is 12.3 Å². The van der Waals surface area contributed by atoms with Crippen LogP contribution < -0.4 is 0 Å². The van der Waals surface area contributed by atoms with Crippen LogP contribution in [-0.2, 0) is 11.3 Å². The van der Waals surface area contributed by atoms with Gasteiger partial charge in [-0.1, -0.05) is 12.1 Å². The van der Waals surface area contributed by atoms with Crippen molar-refractivity contribution in [2.45, 2.75) is 76.6 Å². The summed E-state index contributed by atoms with van der Waals surface area (Å²) in [4.78, 5) is 14.8. The van der Waals surface area contributed by atoms with Crippen LogP contribution in [0.5, 0.6) is 0 Å². The molecule has 2 atom stereocenters. The van der Waals surface area contributed by atoms with Gasteiger partial charge in [0.05, 0.1) is 11.6 Å². The average Bonchev–Trinajstić information content (AvgIpc) is 3.40. The Balaban J connectivity index is 1.21. The molecule has 29 heavy (non-hydrogen) atoms. The fourth-order valence-electron chi connectivity index (χ4n) is 5.48. The molecule has 4 nitrogen and oxygen atoms in total. The molecule has 156 valence electrons. The molecule has 0 radical (unpaired) electrons. The number of halogens is 1. The van der Waals surface area contributed by atoms with Crippen molar-refractivity contribution < 1.29 is 9.53 Å². The number of hydrogen-bond acceptors (Lipinski definition) is 3. The van der Waals surface area contributed by atoms with Crippen LogP contribution in [0.25, 0.3) is 10.9 Å². The number of Topliss-reactive ketones (excluding diaryl/α,β-unsaturated/α-hetero) is 1. The van der Waals surface area contributed by atoms with Crippen molar-refractivity contribution in [3.63, 3.8) is 0 Å². The van der Waals surface area contributed by atoms with E-state index in [1.165, 1.54) is 38.5 Å². The fraction of sp³-hybridized carbons (Fsp3) is 0.625. The van der Waals surface area contributed by atoms with E-state index in [0.29, 0.717) is 18.2 Å². The van der Waals surface area contributed by atoms with Gasteiger partial charge in [0.25, 0.3) is 0 Å². The maximum absolute atomic E-state index is 12.1. The van der Waals surface area contributed by atoms with Gasteiger partial charge in [-0.05, 0) is 79.8 Å². The molecule has 0 N–H and O–H groups in total. The molecule has 2 bridgehead atoms. The highest BCUT2D eigenvalue weighted by molar-refractivity contribution is 9.10. The Kier molecular flexibility index (Phi) is 5.57. The zero-order chi connectivity index (χ0) is 20.0. The van der Waals surface area contributed by atoms with E-state index < -0.39 is 0 Å². The first-order chi connectivity index (χ1) is 14.1. The van der Waals surface area contributed by atoms with Crippen LogP contribution in [0.2, 0.25) is 0 Å². The number of carbonyl (C=O) groups excluding carboxylic acids is 1. The van der Waals surface area contributed by atoms with E-state index >= 15 is 0 Å². The van der Waals surface area contributed by atoms with Crippen molar-refractivity contribution in [3.05, 3.63) is 34.4 Å². The third-order valence-corrected chi connectivity index (χ3v) is 7.79. The second-order valence-electron chi connectivity index (χ2n) is 9.27. The standard InChI is InChI=1S/C24H31BrN2O2/c1-16(28)22-14-26(24-21(22)4-2-5-23(24)25)10-3-11-27-18-8-9-19(27)13-20(12-18)29-15-17-6-7-17/h2,4-5,14,17-20H,3,6-13,15H2,1H3. The molecule has 1 aromatic carbocycles. The smallest absolute Gasteiger partial charge is 0.161 e. The van der Waals surface area contributed by atoms with Crippen molar-refractivity contribution in [2.24, 2.45) is 5.92 Å². The highest BCUT2D eigenvalue weighted by atomic mass is 79.9. The average molecular weight is 459 g/mol. The number of rotatable bonds is 8. The Morgan fingerprint density at radius 3 is 2.59 bits per heavy atom. The first-order valence-corrected chi connectivity index (χ1v) is 12.0. The number of hydrogen-bond donors (Lipinski definition) is 0. The quantitative estimate of drug-likeness (QED) is 0.495. The maximum atomic E-state index is 12.1. The van der Waals surface area contributed by atoms with Crippen molar-refractivity contribution in [1.29, 1.82) is 0 Å². The third-order valence-electron chi connectivity index (χ3n) is 7.15. The molecule has 3 heterocycles. The van der Waals surface area contributed by atoms with Gasteiger partial charge in [-0.15, -0.1) is 0 Å². The summed E-state index contributed by atoms with van der Waals surface area (Å²) in [7, 11) is 0. The molecule has 5 heteroatoms. The number of ketones is 1. The number of aryl methyl sites for hydroxylation is 1. The van der Waals surface area contributed by atoms with E-state index in [0.717, 1.165) is 53.0 Å². The lowest BCUT2D eigenvalue weighted by molar-refractivity contribution is -0.0241. The number of benzene rings is 1. The third kappa shape index (κ3) is 4.06. The molecule has 5 rings (SSSR count).